The molecule has 0 bridgehead atoms. The molecule has 0 radical (unpaired) electrons. The van der Waals surface area contributed by atoms with Gasteiger partial charge in [-0.25, -0.2) is 0 Å². The zero-order valence-corrected chi connectivity index (χ0v) is 11.0. The van der Waals surface area contributed by atoms with Crippen LogP contribution in [0.25, 0.3) is 0 Å². The largest absolute Gasteiger partial charge is 0.399 e. The predicted molar refractivity (Wildman–Crippen MR) is 71.1 cm³/mol. The Kier molecular flexibility index (Phi) is 3.87. The smallest absolute Gasteiger partial charge is 0.248 e. The minimum absolute atomic E-state index is 0.0526. The molecule has 1 aliphatic heterocycles. The van der Waals surface area contributed by atoms with Crippen molar-refractivity contribution in [3.63, 3.8) is 0 Å². The van der Waals surface area contributed by atoms with Gasteiger partial charge in [0.1, 0.15) is 6.61 Å². The van der Waals surface area contributed by atoms with Crippen LogP contribution in [-0.4, -0.2) is 30.1 Å². The average molecular weight is 248 g/mol. The number of nitrogens with two attached hydrogens (primary N) is 1. The molecule has 1 heterocycles. The fourth-order valence-electron chi connectivity index (χ4n) is 2.12. The van der Waals surface area contributed by atoms with Crippen LogP contribution in [0.2, 0.25) is 0 Å². The van der Waals surface area contributed by atoms with Crippen LogP contribution in [-0.2, 0) is 22.5 Å². The topological polar surface area (TPSA) is 55.6 Å². The Balaban J connectivity index is 2.00. The molecule has 0 aromatic heterocycles. The molecular formula is C14H20N2O2. The summed E-state index contributed by atoms with van der Waals surface area (Å²) in [6.07, 6.45) is 0.977. The lowest BCUT2D eigenvalue weighted by molar-refractivity contribution is -0.138. The van der Waals surface area contributed by atoms with Gasteiger partial charge in [0, 0.05) is 18.8 Å². The third-order valence-corrected chi connectivity index (χ3v) is 3.14. The zero-order chi connectivity index (χ0) is 13.1. The first-order chi connectivity index (χ1) is 8.56. The second kappa shape index (κ2) is 5.40. The summed E-state index contributed by atoms with van der Waals surface area (Å²) in [6, 6.07) is 5.92. The molecule has 18 heavy (non-hydrogen) atoms. The monoisotopic (exact) mass is 248 g/mol. The molecular weight excluding hydrogens is 228 g/mol. The van der Waals surface area contributed by atoms with Gasteiger partial charge in [0.05, 0.1) is 6.10 Å². The number of anilines is 1. The number of ether oxygens (including phenoxy) is 1. The first-order valence-corrected chi connectivity index (χ1v) is 6.33. The third kappa shape index (κ3) is 3.01. The molecule has 0 atom stereocenters. The van der Waals surface area contributed by atoms with Crippen LogP contribution in [0.3, 0.4) is 0 Å². The summed E-state index contributed by atoms with van der Waals surface area (Å²) >= 11 is 0. The van der Waals surface area contributed by atoms with Gasteiger partial charge in [-0.1, -0.05) is 6.07 Å². The van der Waals surface area contributed by atoms with Gasteiger partial charge in [-0.2, -0.15) is 0 Å². The Morgan fingerprint density at radius 3 is 2.94 bits per heavy atom. The minimum Gasteiger partial charge on any atom is -0.399 e. The number of benzene rings is 1. The summed E-state index contributed by atoms with van der Waals surface area (Å²) < 4.78 is 5.35. The molecule has 4 nitrogen and oxygen atoms in total. The van der Waals surface area contributed by atoms with Crippen LogP contribution >= 0.6 is 0 Å². The Labute approximate surface area is 108 Å². The van der Waals surface area contributed by atoms with Gasteiger partial charge in [0.2, 0.25) is 5.91 Å². The summed E-state index contributed by atoms with van der Waals surface area (Å²) in [4.78, 5) is 13.8. The van der Waals surface area contributed by atoms with Crippen molar-refractivity contribution in [2.24, 2.45) is 0 Å². The lowest BCUT2D eigenvalue weighted by atomic mass is 9.99. The highest BCUT2D eigenvalue weighted by molar-refractivity contribution is 5.77. The van der Waals surface area contributed by atoms with Crippen molar-refractivity contribution in [2.45, 2.75) is 32.9 Å². The van der Waals surface area contributed by atoms with Gasteiger partial charge in [0.15, 0.2) is 0 Å². The number of nitrogen functional groups attached to an aromatic ring is 1. The number of hydrogen-bond donors (Lipinski definition) is 1. The van der Waals surface area contributed by atoms with Crippen LogP contribution in [0.15, 0.2) is 18.2 Å². The van der Waals surface area contributed by atoms with E-state index in [9.17, 15) is 4.79 Å². The fraction of sp³-hybridized carbons (Fsp3) is 0.500. The van der Waals surface area contributed by atoms with Crippen LogP contribution in [0.1, 0.15) is 25.0 Å². The molecule has 1 amide bonds. The van der Waals surface area contributed by atoms with Crippen LogP contribution in [0.4, 0.5) is 5.69 Å². The van der Waals surface area contributed by atoms with E-state index in [1.807, 2.05) is 30.9 Å². The van der Waals surface area contributed by atoms with E-state index >= 15 is 0 Å². The van der Waals surface area contributed by atoms with Gasteiger partial charge in [-0.15, -0.1) is 0 Å². The summed E-state index contributed by atoms with van der Waals surface area (Å²) in [6.45, 7) is 5.42. The molecule has 0 fully saturated rings. The highest BCUT2D eigenvalue weighted by Gasteiger charge is 2.20. The van der Waals surface area contributed by atoms with E-state index < -0.39 is 0 Å². The van der Waals surface area contributed by atoms with E-state index in [-0.39, 0.29) is 18.6 Å². The number of rotatable bonds is 3. The van der Waals surface area contributed by atoms with Crippen LogP contribution < -0.4 is 5.73 Å². The number of carbonyl (C=O) groups excluding carboxylic acids is 1. The summed E-state index contributed by atoms with van der Waals surface area (Å²) in [5.74, 6) is 0.0526. The number of carbonyl (C=O) groups is 1. The Hall–Kier alpha value is -1.55. The summed E-state index contributed by atoms with van der Waals surface area (Å²) in [5.41, 5.74) is 8.97. The first-order valence-electron chi connectivity index (χ1n) is 6.33. The molecule has 0 saturated heterocycles. The van der Waals surface area contributed by atoms with Crippen LogP contribution in [0.5, 0.6) is 0 Å². The van der Waals surface area contributed by atoms with Crippen molar-refractivity contribution in [2.75, 3.05) is 18.9 Å². The molecule has 1 aromatic carbocycles. The van der Waals surface area contributed by atoms with E-state index in [0.717, 1.165) is 24.2 Å². The number of nitrogens with zero attached hydrogens (tertiary/aromatic N) is 1. The zero-order valence-electron chi connectivity index (χ0n) is 11.0. The van der Waals surface area contributed by atoms with E-state index in [1.165, 1.54) is 5.56 Å². The highest BCUT2D eigenvalue weighted by atomic mass is 16.5. The van der Waals surface area contributed by atoms with Crippen molar-refractivity contribution in [3.8, 4) is 0 Å². The van der Waals surface area contributed by atoms with E-state index in [4.69, 9.17) is 10.5 Å². The maximum absolute atomic E-state index is 12.0. The second-order valence-corrected chi connectivity index (χ2v) is 4.95. The second-order valence-electron chi connectivity index (χ2n) is 4.95. The first kappa shape index (κ1) is 12.9. The molecule has 98 valence electrons. The molecule has 1 aliphatic rings. The fourth-order valence-corrected chi connectivity index (χ4v) is 2.12. The van der Waals surface area contributed by atoms with Gasteiger partial charge in [0.25, 0.3) is 0 Å². The number of fused-ring (bicyclic) bond motifs is 1. The summed E-state index contributed by atoms with van der Waals surface area (Å²) in [5, 5.41) is 0. The molecule has 2 rings (SSSR count). The Morgan fingerprint density at radius 1 is 1.44 bits per heavy atom. The highest BCUT2D eigenvalue weighted by Crippen LogP contribution is 2.21. The lowest BCUT2D eigenvalue weighted by Crippen LogP contribution is -2.38. The lowest BCUT2D eigenvalue weighted by Gasteiger charge is -2.29. The van der Waals surface area contributed by atoms with E-state index in [1.54, 1.807) is 0 Å². The Morgan fingerprint density at radius 2 is 2.22 bits per heavy atom. The number of hydrogen-bond acceptors (Lipinski definition) is 3. The van der Waals surface area contributed by atoms with Crippen molar-refractivity contribution < 1.29 is 9.53 Å². The van der Waals surface area contributed by atoms with Gasteiger partial charge >= 0.3 is 0 Å². The molecule has 4 heteroatoms. The van der Waals surface area contributed by atoms with Gasteiger partial charge in [-0.05, 0) is 43.5 Å². The molecule has 0 unspecified atom stereocenters. The SMILES string of the molecule is CC(C)OCC(=O)N1CCc2ccc(N)cc2C1. The van der Waals surface area contributed by atoms with E-state index in [0.29, 0.717) is 6.54 Å². The average Bonchev–Trinajstić information content (AvgIpc) is 2.34. The van der Waals surface area contributed by atoms with Crippen molar-refractivity contribution in [1.29, 1.82) is 0 Å². The van der Waals surface area contributed by atoms with Gasteiger partial charge < -0.3 is 15.4 Å². The molecule has 0 saturated carbocycles. The molecule has 0 aliphatic carbocycles. The predicted octanol–water partition coefficient (Wildman–Crippen LogP) is 1.58. The molecule has 2 N–H and O–H groups in total. The quantitative estimate of drug-likeness (QED) is 0.826. The van der Waals surface area contributed by atoms with Crippen molar-refractivity contribution in [3.05, 3.63) is 29.3 Å². The standard InChI is InChI=1S/C14H20N2O2/c1-10(2)18-9-14(17)16-6-5-11-3-4-13(15)7-12(11)8-16/h3-4,7,10H,5-6,8-9,15H2,1-2H3. The maximum atomic E-state index is 12.0. The van der Waals surface area contributed by atoms with E-state index in [2.05, 4.69) is 6.07 Å². The van der Waals surface area contributed by atoms with Gasteiger partial charge in [-0.3, -0.25) is 4.79 Å². The maximum Gasteiger partial charge on any atom is 0.248 e. The van der Waals surface area contributed by atoms with Crippen molar-refractivity contribution in [1.82, 2.24) is 4.90 Å². The molecule has 0 spiro atoms. The molecule has 1 aromatic rings. The Bertz CT molecular complexity index is 443. The third-order valence-electron chi connectivity index (χ3n) is 3.14. The van der Waals surface area contributed by atoms with Crippen molar-refractivity contribution >= 4 is 11.6 Å². The minimum atomic E-state index is 0.0526. The summed E-state index contributed by atoms with van der Waals surface area (Å²) in [7, 11) is 0. The van der Waals surface area contributed by atoms with Crippen LogP contribution in [0, 0.1) is 0 Å². The normalized spacial score (nSPS) is 14.7. The number of amides is 1.